The van der Waals surface area contributed by atoms with Gasteiger partial charge in [0.2, 0.25) is 0 Å². The third kappa shape index (κ3) is 2.84. The van der Waals surface area contributed by atoms with E-state index in [0.29, 0.717) is 4.05 Å². The molecule has 1 amide bonds. The first-order valence-corrected chi connectivity index (χ1v) is 4.78. The molecule has 64 valence electrons. The minimum absolute atomic E-state index is 0.197. The van der Waals surface area contributed by atoms with Gasteiger partial charge in [0.05, 0.1) is 6.54 Å². The topological polar surface area (TPSA) is 29.3 Å². The Morgan fingerprint density at radius 1 is 1.64 bits per heavy atom. The van der Waals surface area contributed by atoms with Crippen molar-refractivity contribution in [3.63, 3.8) is 0 Å². The average molecular weight is 269 g/mol. The lowest BCUT2D eigenvalue weighted by molar-refractivity contribution is 0.0420. The molecule has 11 heavy (non-hydrogen) atoms. The summed E-state index contributed by atoms with van der Waals surface area (Å²) in [5.74, 6) is 0. The summed E-state index contributed by atoms with van der Waals surface area (Å²) in [4.78, 5) is 12.8. The van der Waals surface area contributed by atoms with E-state index in [1.54, 1.807) is 4.90 Å². The number of alkyl halides is 1. The largest absolute Gasteiger partial charge is 0.444 e. The van der Waals surface area contributed by atoms with E-state index in [0.717, 1.165) is 6.54 Å². The van der Waals surface area contributed by atoms with Crippen LogP contribution in [0.1, 0.15) is 20.8 Å². The predicted octanol–water partition coefficient (Wildman–Crippen LogP) is 2.00. The first kappa shape index (κ1) is 9.09. The van der Waals surface area contributed by atoms with Crippen molar-refractivity contribution in [1.82, 2.24) is 4.90 Å². The fourth-order valence-corrected chi connectivity index (χ4v) is 1.28. The van der Waals surface area contributed by atoms with Crippen molar-refractivity contribution in [2.45, 2.75) is 30.4 Å². The van der Waals surface area contributed by atoms with Gasteiger partial charge in [0.25, 0.3) is 0 Å². The third-order valence-corrected chi connectivity index (χ3v) is 2.25. The Morgan fingerprint density at radius 2 is 2.09 bits per heavy atom. The van der Waals surface area contributed by atoms with Gasteiger partial charge >= 0.3 is 6.09 Å². The van der Waals surface area contributed by atoms with E-state index < -0.39 is 0 Å². The molecule has 0 aliphatic carbocycles. The van der Waals surface area contributed by atoms with Gasteiger partial charge in [-0.1, -0.05) is 22.6 Å². The van der Waals surface area contributed by atoms with Crippen LogP contribution in [0.4, 0.5) is 4.79 Å². The van der Waals surface area contributed by atoms with Gasteiger partial charge in [-0.2, -0.15) is 0 Å². The Balaban J connectivity index is 2.33. The molecule has 0 bridgehead atoms. The quantitative estimate of drug-likeness (QED) is 0.291. The minimum atomic E-state index is -0.365. The van der Waals surface area contributed by atoms with Crippen LogP contribution in [0.5, 0.6) is 0 Å². The number of halogens is 1. The summed E-state index contributed by atoms with van der Waals surface area (Å²) in [6.45, 7) is 6.44. The van der Waals surface area contributed by atoms with Crippen LogP contribution in [0, 0.1) is 0 Å². The highest BCUT2D eigenvalue weighted by Crippen LogP contribution is 2.26. The van der Waals surface area contributed by atoms with Crippen LogP contribution in [0.3, 0.4) is 0 Å². The lowest BCUT2D eigenvalue weighted by Gasteiger charge is -2.19. The van der Waals surface area contributed by atoms with Crippen molar-refractivity contribution >= 4 is 28.7 Å². The van der Waals surface area contributed by atoms with E-state index in [1.807, 2.05) is 20.8 Å². The molecule has 1 aliphatic heterocycles. The second-order valence-electron chi connectivity index (χ2n) is 3.57. The Morgan fingerprint density at radius 3 is 2.36 bits per heavy atom. The lowest BCUT2D eigenvalue weighted by Crippen LogP contribution is -2.27. The van der Waals surface area contributed by atoms with Crippen molar-refractivity contribution in [3.8, 4) is 0 Å². The molecule has 0 aromatic rings. The summed E-state index contributed by atoms with van der Waals surface area (Å²) >= 11 is 2.21. The first-order chi connectivity index (χ1) is 4.90. The molecular formula is C7H12INO2. The van der Waals surface area contributed by atoms with Crippen LogP contribution in [0.2, 0.25) is 0 Å². The summed E-state index contributed by atoms with van der Waals surface area (Å²) in [6.07, 6.45) is -0.197. The molecule has 0 spiro atoms. The number of rotatable bonds is 0. The molecule has 1 atom stereocenters. The van der Waals surface area contributed by atoms with Gasteiger partial charge in [0, 0.05) is 0 Å². The molecule has 1 unspecified atom stereocenters. The number of amides is 1. The highest BCUT2D eigenvalue weighted by atomic mass is 127. The van der Waals surface area contributed by atoms with E-state index in [4.69, 9.17) is 4.74 Å². The van der Waals surface area contributed by atoms with Crippen molar-refractivity contribution in [3.05, 3.63) is 0 Å². The van der Waals surface area contributed by atoms with E-state index in [9.17, 15) is 4.79 Å². The summed E-state index contributed by atoms with van der Waals surface area (Å²) in [5, 5.41) is 0. The number of nitrogens with zero attached hydrogens (tertiary/aromatic N) is 1. The van der Waals surface area contributed by atoms with Crippen LogP contribution in [-0.2, 0) is 4.74 Å². The molecule has 0 N–H and O–H groups in total. The van der Waals surface area contributed by atoms with E-state index in [1.165, 1.54) is 0 Å². The van der Waals surface area contributed by atoms with Gasteiger partial charge in [-0.05, 0) is 20.8 Å². The Hall–Kier alpha value is 0. The second kappa shape index (κ2) is 2.80. The van der Waals surface area contributed by atoms with Crippen LogP contribution >= 0.6 is 22.6 Å². The fraction of sp³-hybridized carbons (Fsp3) is 0.857. The van der Waals surface area contributed by atoms with Gasteiger partial charge in [-0.25, -0.2) is 4.79 Å². The summed E-state index contributed by atoms with van der Waals surface area (Å²) in [5.41, 5.74) is -0.365. The fourth-order valence-electron chi connectivity index (χ4n) is 0.625. The van der Waals surface area contributed by atoms with Gasteiger partial charge in [0.1, 0.15) is 9.65 Å². The van der Waals surface area contributed by atoms with Crippen LogP contribution in [0.15, 0.2) is 0 Å². The molecule has 4 heteroatoms. The molecule has 0 aromatic heterocycles. The number of hydrogen-bond donors (Lipinski definition) is 0. The highest BCUT2D eigenvalue weighted by molar-refractivity contribution is 14.1. The Labute approximate surface area is 80.2 Å². The molecule has 1 fully saturated rings. The maximum Gasteiger partial charge on any atom is 0.411 e. The second-order valence-corrected chi connectivity index (χ2v) is 5.01. The average Bonchev–Trinajstić information content (AvgIpc) is 2.41. The smallest absolute Gasteiger partial charge is 0.411 e. The zero-order chi connectivity index (χ0) is 8.65. The van der Waals surface area contributed by atoms with E-state index >= 15 is 0 Å². The van der Waals surface area contributed by atoms with Gasteiger partial charge < -0.3 is 4.74 Å². The van der Waals surface area contributed by atoms with Crippen LogP contribution in [-0.4, -0.2) is 27.2 Å². The SMILES string of the molecule is CC(C)(C)OC(=O)N1CC1I. The van der Waals surface area contributed by atoms with E-state index in [-0.39, 0.29) is 11.7 Å². The van der Waals surface area contributed by atoms with Gasteiger partial charge in [-0.3, -0.25) is 4.90 Å². The Bertz CT molecular complexity index is 176. The zero-order valence-electron chi connectivity index (χ0n) is 6.93. The lowest BCUT2D eigenvalue weighted by atomic mass is 10.2. The van der Waals surface area contributed by atoms with Crippen LogP contribution in [0.25, 0.3) is 0 Å². The van der Waals surface area contributed by atoms with Crippen molar-refractivity contribution in [2.24, 2.45) is 0 Å². The molecule has 1 saturated heterocycles. The van der Waals surface area contributed by atoms with Gasteiger partial charge in [0.15, 0.2) is 0 Å². The number of hydrogen-bond acceptors (Lipinski definition) is 2. The Kier molecular flexibility index (Phi) is 2.32. The molecule has 1 aliphatic rings. The first-order valence-electron chi connectivity index (χ1n) is 3.54. The van der Waals surface area contributed by atoms with Crippen molar-refractivity contribution in [2.75, 3.05) is 6.54 Å². The maximum atomic E-state index is 11.1. The molecular weight excluding hydrogens is 257 g/mol. The zero-order valence-corrected chi connectivity index (χ0v) is 9.08. The maximum absolute atomic E-state index is 11.1. The molecule has 0 aromatic carbocycles. The monoisotopic (exact) mass is 269 g/mol. The third-order valence-electron chi connectivity index (χ3n) is 1.18. The minimum Gasteiger partial charge on any atom is -0.444 e. The van der Waals surface area contributed by atoms with E-state index in [2.05, 4.69) is 22.6 Å². The molecule has 0 radical (unpaired) electrons. The highest BCUT2D eigenvalue weighted by Gasteiger charge is 2.38. The predicted molar refractivity (Wildman–Crippen MR) is 50.7 cm³/mol. The summed E-state index contributed by atoms with van der Waals surface area (Å²) in [6, 6.07) is 0. The normalized spacial score (nSPS) is 23.3. The number of carbonyl (C=O) groups excluding carboxylic acids is 1. The summed E-state index contributed by atoms with van der Waals surface area (Å²) < 4.78 is 5.46. The van der Waals surface area contributed by atoms with Crippen LogP contribution < -0.4 is 0 Å². The van der Waals surface area contributed by atoms with Gasteiger partial charge in [-0.15, -0.1) is 0 Å². The summed E-state index contributed by atoms with van der Waals surface area (Å²) in [7, 11) is 0. The standard InChI is InChI=1S/C7H12INO2/c1-7(2,3)11-6(10)9-4-5(9)8/h5H,4H2,1-3H3. The number of ether oxygens (including phenoxy) is 1. The molecule has 3 nitrogen and oxygen atoms in total. The number of carbonyl (C=O) groups is 1. The molecule has 1 rings (SSSR count). The van der Waals surface area contributed by atoms with Crippen molar-refractivity contribution in [1.29, 1.82) is 0 Å². The van der Waals surface area contributed by atoms with Crippen molar-refractivity contribution < 1.29 is 9.53 Å². The molecule has 0 saturated carbocycles. The molecule has 1 heterocycles.